The molecule has 0 heterocycles. The minimum Gasteiger partial charge on any atom is -0.326 e. The summed E-state index contributed by atoms with van der Waals surface area (Å²) in [5.41, 5.74) is 1.20. The molecule has 0 unspecified atom stereocenters. The van der Waals surface area contributed by atoms with Crippen molar-refractivity contribution in [1.29, 1.82) is 0 Å². The molecule has 0 aliphatic heterocycles. The van der Waals surface area contributed by atoms with Crippen LogP contribution < -0.4 is 9.62 Å². The fraction of sp³-hybridized carbons (Fsp3) is 0.381. The minimum atomic E-state index is -3.64. The Labute approximate surface area is 162 Å². The molecule has 0 saturated heterocycles. The first-order valence-corrected chi connectivity index (χ1v) is 10.8. The largest absolute Gasteiger partial charge is 0.326 e. The summed E-state index contributed by atoms with van der Waals surface area (Å²) < 4.78 is 26.7. The van der Waals surface area contributed by atoms with E-state index in [9.17, 15) is 13.2 Å². The Hall–Kier alpha value is -2.34. The third-order valence-corrected chi connectivity index (χ3v) is 6.22. The van der Waals surface area contributed by atoms with E-state index in [4.69, 9.17) is 0 Å². The summed E-state index contributed by atoms with van der Waals surface area (Å²) in [6.07, 6.45) is 5.96. The van der Waals surface area contributed by atoms with Gasteiger partial charge in [0, 0.05) is 19.2 Å². The van der Waals surface area contributed by atoms with Gasteiger partial charge in [-0.25, -0.2) is 8.42 Å². The molecule has 2 rings (SSSR count). The van der Waals surface area contributed by atoms with Crippen molar-refractivity contribution in [2.75, 3.05) is 16.7 Å². The van der Waals surface area contributed by atoms with Crippen LogP contribution in [0.15, 0.2) is 59.5 Å². The Morgan fingerprint density at radius 2 is 1.56 bits per heavy atom. The second-order valence-electron chi connectivity index (χ2n) is 6.54. The molecule has 2 aromatic rings. The Kier molecular flexibility index (Phi) is 7.85. The fourth-order valence-electron chi connectivity index (χ4n) is 2.76. The highest BCUT2D eigenvalue weighted by molar-refractivity contribution is 7.92. The zero-order chi connectivity index (χ0) is 19.7. The molecule has 27 heavy (non-hydrogen) atoms. The molecule has 0 atom stereocenters. The van der Waals surface area contributed by atoms with E-state index < -0.39 is 10.0 Å². The van der Waals surface area contributed by atoms with Gasteiger partial charge in [-0.1, -0.05) is 50.8 Å². The quantitative estimate of drug-likeness (QED) is 0.594. The Morgan fingerprint density at radius 1 is 0.926 bits per heavy atom. The highest BCUT2D eigenvalue weighted by Crippen LogP contribution is 2.23. The van der Waals surface area contributed by atoms with Crippen molar-refractivity contribution in [1.82, 2.24) is 0 Å². The lowest BCUT2D eigenvalue weighted by Crippen LogP contribution is -2.26. The van der Waals surface area contributed by atoms with Gasteiger partial charge < -0.3 is 5.32 Å². The van der Waals surface area contributed by atoms with E-state index in [-0.39, 0.29) is 10.8 Å². The predicted molar refractivity (Wildman–Crippen MR) is 110 cm³/mol. The molecular weight excluding hydrogens is 360 g/mol. The maximum atomic E-state index is 12.7. The van der Waals surface area contributed by atoms with Crippen molar-refractivity contribution in [2.24, 2.45) is 0 Å². The van der Waals surface area contributed by atoms with Crippen LogP contribution in [0.2, 0.25) is 0 Å². The Balaban J connectivity index is 1.95. The highest BCUT2D eigenvalue weighted by Gasteiger charge is 2.21. The monoisotopic (exact) mass is 388 g/mol. The number of carbonyl (C=O) groups is 1. The van der Waals surface area contributed by atoms with Crippen LogP contribution in [0.4, 0.5) is 11.4 Å². The number of para-hydroxylation sites is 1. The van der Waals surface area contributed by atoms with Gasteiger partial charge >= 0.3 is 0 Å². The van der Waals surface area contributed by atoms with Crippen molar-refractivity contribution in [3.05, 3.63) is 54.6 Å². The Bertz CT molecular complexity index is 818. The summed E-state index contributed by atoms with van der Waals surface area (Å²) in [6.45, 7) is 2.16. The van der Waals surface area contributed by atoms with E-state index in [1.165, 1.54) is 36.3 Å². The first-order chi connectivity index (χ1) is 12.9. The normalized spacial score (nSPS) is 11.2. The minimum absolute atomic E-state index is 0.0384. The molecule has 2 aromatic carbocycles. The lowest BCUT2D eigenvalue weighted by molar-refractivity contribution is -0.116. The molecule has 0 bridgehead atoms. The first-order valence-electron chi connectivity index (χ1n) is 9.39. The molecule has 1 amide bonds. The van der Waals surface area contributed by atoms with E-state index >= 15 is 0 Å². The number of benzene rings is 2. The summed E-state index contributed by atoms with van der Waals surface area (Å²) in [5, 5.41) is 2.83. The van der Waals surface area contributed by atoms with E-state index in [1.807, 2.05) is 6.07 Å². The number of sulfonamides is 1. The molecule has 1 N–H and O–H groups in total. The van der Waals surface area contributed by atoms with Crippen LogP contribution in [0.1, 0.15) is 45.4 Å². The molecule has 6 heteroatoms. The molecule has 0 radical (unpaired) electrons. The van der Waals surface area contributed by atoms with E-state index in [0.29, 0.717) is 17.8 Å². The average molecular weight is 389 g/mol. The lowest BCUT2D eigenvalue weighted by atomic mass is 10.1. The first kappa shape index (κ1) is 21.0. The number of unbranched alkanes of at least 4 members (excludes halogenated alkanes) is 4. The predicted octanol–water partition coefficient (Wildman–Crippen LogP) is 4.81. The van der Waals surface area contributed by atoms with Crippen LogP contribution in [0.3, 0.4) is 0 Å². The van der Waals surface area contributed by atoms with Gasteiger partial charge in [0.05, 0.1) is 10.6 Å². The van der Waals surface area contributed by atoms with Gasteiger partial charge in [-0.15, -0.1) is 0 Å². The van der Waals surface area contributed by atoms with E-state index in [1.54, 1.807) is 36.4 Å². The third-order valence-electron chi connectivity index (χ3n) is 4.42. The molecule has 0 aromatic heterocycles. The zero-order valence-electron chi connectivity index (χ0n) is 16.0. The number of amides is 1. The molecule has 0 fully saturated rings. The van der Waals surface area contributed by atoms with Gasteiger partial charge in [0.2, 0.25) is 5.91 Å². The SMILES string of the molecule is CCCCCCCC(=O)Nc1ccc(S(=O)(=O)N(C)c2ccccc2)cc1. The van der Waals surface area contributed by atoms with Gasteiger partial charge in [0.15, 0.2) is 0 Å². The number of nitrogens with zero attached hydrogens (tertiary/aromatic N) is 1. The van der Waals surface area contributed by atoms with Crippen LogP contribution in [0, 0.1) is 0 Å². The van der Waals surface area contributed by atoms with Crippen LogP contribution >= 0.6 is 0 Å². The molecule has 146 valence electrons. The summed E-state index contributed by atoms with van der Waals surface area (Å²) in [5.74, 6) is -0.0384. The number of rotatable bonds is 10. The van der Waals surface area contributed by atoms with Crippen molar-refractivity contribution < 1.29 is 13.2 Å². The zero-order valence-corrected chi connectivity index (χ0v) is 16.8. The average Bonchev–Trinajstić information content (AvgIpc) is 2.68. The van der Waals surface area contributed by atoms with E-state index in [0.717, 1.165) is 19.3 Å². The summed E-state index contributed by atoms with van der Waals surface area (Å²) in [7, 11) is -2.11. The van der Waals surface area contributed by atoms with Crippen molar-refractivity contribution in [3.63, 3.8) is 0 Å². The fourth-order valence-corrected chi connectivity index (χ4v) is 3.95. The number of hydrogen-bond donors (Lipinski definition) is 1. The van der Waals surface area contributed by atoms with Gasteiger partial charge in [-0.3, -0.25) is 9.10 Å². The maximum absolute atomic E-state index is 12.7. The third kappa shape index (κ3) is 6.10. The van der Waals surface area contributed by atoms with E-state index in [2.05, 4.69) is 12.2 Å². The number of carbonyl (C=O) groups excluding carboxylic acids is 1. The van der Waals surface area contributed by atoms with Crippen LogP contribution in [-0.2, 0) is 14.8 Å². The molecule has 0 spiro atoms. The van der Waals surface area contributed by atoms with Gasteiger partial charge in [-0.2, -0.15) is 0 Å². The van der Waals surface area contributed by atoms with Gasteiger partial charge in [0.1, 0.15) is 0 Å². The molecule has 5 nitrogen and oxygen atoms in total. The van der Waals surface area contributed by atoms with Crippen LogP contribution in [0.25, 0.3) is 0 Å². The van der Waals surface area contributed by atoms with Crippen molar-refractivity contribution >= 4 is 27.3 Å². The summed E-state index contributed by atoms with van der Waals surface area (Å²) in [6, 6.07) is 15.2. The standard InChI is InChI=1S/C21H28N2O3S/c1-3-4-5-6-10-13-21(24)22-18-14-16-20(17-15-18)27(25,26)23(2)19-11-8-7-9-12-19/h7-9,11-12,14-17H,3-6,10,13H2,1-2H3,(H,22,24). The second-order valence-corrected chi connectivity index (χ2v) is 8.51. The van der Waals surface area contributed by atoms with Crippen molar-refractivity contribution in [2.45, 2.75) is 50.3 Å². The topological polar surface area (TPSA) is 66.5 Å². The maximum Gasteiger partial charge on any atom is 0.264 e. The Morgan fingerprint density at radius 3 is 2.19 bits per heavy atom. The number of nitrogens with one attached hydrogen (secondary N) is 1. The molecule has 0 aliphatic rings. The number of hydrogen-bond acceptors (Lipinski definition) is 3. The molecule has 0 aliphatic carbocycles. The van der Waals surface area contributed by atoms with Crippen LogP contribution in [0.5, 0.6) is 0 Å². The van der Waals surface area contributed by atoms with Gasteiger partial charge in [0.25, 0.3) is 10.0 Å². The highest BCUT2D eigenvalue weighted by atomic mass is 32.2. The number of anilines is 2. The van der Waals surface area contributed by atoms with Crippen LogP contribution in [-0.4, -0.2) is 21.4 Å². The lowest BCUT2D eigenvalue weighted by Gasteiger charge is -2.19. The summed E-state index contributed by atoms with van der Waals surface area (Å²) in [4.78, 5) is 12.2. The smallest absolute Gasteiger partial charge is 0.264 e. The van der Waals surface area contributed by atoms with Crippen molar-refractivity contribution in [3.8, 4) is 0 Å². The summed E-state index contributed by atoms with van der Waals surface area (Å²) >= 11 is 0. The molecular formula is C21H28N2O3S. The van der Waals surface area contributed by atoms with Gasteiger partial charge in [-0.05, 0) is 42.8 Å². The second kappa shape index (κ2) is 10.1. The molecule has 0 saturated carbocycles.